The highest BCUT2D eigenvalue weighted by Gasteiger charge is 2.28. The minimum Gasteiger partial charge on any atom is -0.508 e. The van der Waals surface area contributed by atoms with Gasteiger partial charge in [-0.05, 0) is 48.6 Å². The third kappa shape index (κ3) is 3.15. The number of phenolic OH excluding ortho intramolecular Hbond substituents is 1. The largest absolute Gasteiger partial charge is 0.508 e. The van der Waals surface area contributed by atoms with Gasteiger partial charge in [0.1, 0.15) is 5.75 Å². The molecule has 1 aromatic rings. The Hall–Kier alpha value is -1.06. The van der Waals surface area contributed by atoms with Gasteiger partial charge in [-0.3, -0.25) is 4.90 Å². The molecular formula is C17H28N2O. The lowest BCUT2D eigenvalue weighted by Crippen LogP contribution is -2.47. The molecule has 3 nitrogen and oxygen atoms in total. The summed E-state index contributed by atoms with van der Waals surface area (Å²) in [6.07, 6.45) is 1.17. The predicted octanol–water partition coefficient (Wildman–Crippen LogP) is 3.00. The normalized spacial score (nSPS) is 19.8. The first-order chi connectivity index (χ1) is 9.54. The summed E-state index contributed by atoms with van der Waals surface area (Å²) in [6, 6.07) is 4.27. The van der Waals surface area contributed by atoms with E-state index in [9.17, 15) is 5.11 Å². The van der Waals surface area contributed by atoms with Gasteiger partial charge >= 0.3 is 0 Å². The molecular weight excluding hydrogens is 248 g/mol. The molecule has 0 radical (unpaired) electrons. The van der Waals surface area contributed by atoms with Crippen molar-refractivity contribution in [3.63, 3.8) is 0 Å². The van der Waals surface area contributed by atoms with Crippen LogP contribution in [-0.2, 0) is 0 Å². The van der Waals surface area contributed by atoms with E-state index >= 15 is 0 Å². The first kappa shape index (κ1) is 15.3. The van der Waals surface area contributed by atoms with Crippen molar-refractivity contribution in [2.45, 2.75) is 40.2 Å². The standard InChI is InChI=1S/C17H28N2O/c1-5-12(2)17(19-8-6-18-7-9-19)16-13(3)10-15(20)11-14(16)4/h10-12,17-18,20H,5-9H2,1-4H3/t12?,17-/m0/s1. The molecule has 2 N–H and O–H groups in total. The number of aryl methyl sites for hydroxylation is 2. The van der Waals surface area contributed by atoms with E-state index in [2.05, 4.69) is 37.9 Å². The van der Waals surface area contributed by atoms with Gasteiger partial charge in [-0.25, -0.2) is 0 Å². The Kier molecular flexibility index (Phi) is 5.06. The summed E-state index contributed by atoms with van der Waals surface area (Å²) >= 11 is 0. The summed E-state index contributed by atoms with van der Waals surface area (Å²) in [5, 5.41) is 13.2. The van der Waals surface area contributed by atoms with Crippen molar-refractivity contribution in [3.05, 3.63) is 28.8 Å². The molecule has 1 saturated heterocycles. The van der Waals surface area contributed by atoms with Crippen LogP contribution in [0.2, 0.25) is 0 Å². The first-order valence-electron chi connectivity index (χ1n) is 7.79. The van der Waals surface area contributed by atoms with Crippen molar-refractivity contribution in [2.75, 3.05) is 26.2 Å². The van der Waals surface area contributed by atoms with Crippen molar-refractivity contribution in [3.8, 4) is 5.75 Å². The van der Waals surface area contributed by atoms with Gasteiger partial charge in [-0.15, -0.1) is 0 Å². The fourth-order valence-electron chi connectivity index (χ4n) is 3.43. The van der Waals surface area contributed by atoms with E-state index in [4.69, 9.17) is 0 Å². The Morgan fingerprint density at radius 1 is 1.20 bits per heavy atom. The van der Waals surface area contributed by atoms with Crippen molar-refractivity contribution in [2.24, 2.45) is 5.92 Å². The molecule has 0 saturated carbocycles. The summed E-state index contributed by atoms with van der Waals surface area (Å²) in [4.78, 5) is 2.61. The molecule has 1 aliphatic heterocycles. The van der Waals surface area contributed by atoms with Crippen LogP contribution in [0.25, 0.3) is 0 Å². The van der Waals surface area contributed by atoms with Crippen molar-refractivity contribution >= 4 is 0 Å². The van der Waals surface area contributed by atoms with Crippen LogP contribution in [-0.4, -0.2) is 36.2 Å². The van der Waals surface area contributed by atoms with Crippen LogP contribution in [0.4, 0.5) is 0 Å². The highest BCUT2D eigenvalue weighted by molar-refractivity contribution is 5.42. The second-order valence-corrected chi connectivity index (χ2v) is 6.11. The van der Waals surface area contributed by atoms with Gasteiger partial charge in [0.05, 0.1) is 0 Å². The van der Waals surface area contributed by atoms with E-state index in [-0.39, 0.29) is 0 Å². The highest BCUT2D eigenvalue weighted by Crippen LogP contribution is 2.36. The Balaban J connectivity index is 2.40. The zero-order valence-electron chi connectivity index (χ0n) is 13.2. The number of phenols is 1. The average molecular weight is 276 g/mol. The lowest BCUT2D eigenvalue weighted by Gasteiger charge is -2.40. The molecule has 0 aliphatic carbocycles. The monoisotopic (exact) mass is 276 g/mol. The maximum Gasteiger partial charge on any atom is 0.116 e. The molecule has 1 heterocycles. The van der Waals surface area contributed by atoms with E-state index in [0.717, 1.165) is 26.2 Å². The number of nitrogens with one attached hydrogen (secondary N) is 1. The summed E-state index contributed by atoms with van der Waals surface area (Å²) in [6.45, 7) is 13.2. The predicted molar refractivity (Wildman–Crippen MR) is 84.2 cm³/mol. The first-order valence-corrected chi connectivity index (χ1v) is 7.79. The molecule has 1 unspecified atom stereocenters. The number of benzene rings is 1. The zero-order valence-corrected chi connectivity index (χ0v) is 13.2. The maximum atomic E-state index is 9.78. The molecule has 112 valence electrons. The van der Waals surface area contributed by atoms with Gasteiger partial charge in [-0.1, -0.05) is 20.3 Å². The summed E-state index contributed by atoms with van der Waals surface area (Å²) in [5.74, 6) is 1.00. The molecule has 1 aliphatic rings. The van der Waals surface area contributed by atoms with Crippen LogP contribution in [0.5, 0.6) is 5.75 Å². The molecule has 2 atom stereocenters. The Morgan fingerprint density at radius 2 is 1.75 bits per heavy atom. The molecule has 0 amide bonds. The lowest BCUT2D eigenvalue weighted by molar-refractivity contribution is 0.127. The highest BCUT2D eigenvalue weighted by atomic mass is 16.3. The minimum atomic E-state index is 0.381. The molecule has 0 aromatic heterocycles. The van der Waals surface area contributed by atoms with Crippen LogP contribution in [0, 0.1) is 19.8 Å². The van der Waals surface area contributed by atoms with Gasteiger partial charge in [0.2, 0.25) is 0 Å². The van der Waals surface area contributed by atoms with Gasteiger partial charge < -0.3 is 10.4 Å². The van der Waals surface area contributed by atoms with Crippen LogP contribution in [0.1, 0.15) is 43.0 Å². The van der Waals surface area contributed by atoms with E-state index < -0.39 is 0 Å². The molecule has 1 aromatic carbocycles. The van der Waals surface area contributed by atoms with E-state index in [1.54, 1.807) is 0 Å². The van der Waals surface area contributed by atoms with Crippen LogP contribution in [0.3, 0.4) is 0 Å². The van der Waals surface area contributed by atoms with Crippen LogP contribution >= 0.6 is 0 Å². The van der Waals surface area contributed by atoms with Crippen LogP contribution in [0.15, 0.2) is 12.1 Å². The van der Waals surface area contributed by atoms with Crippen molar-refractivity contribution in [1.82, 2.24) is 10.2 Å². The Morgan fingerprint density at radius 3 is 2.25 bits per heavy atom. The number of hydrogen-bond donors (Lipinski definition) is 2. The maximum absolute atomic E-state index is 9.78. The fourth-order valence-corrected chi connectivity index (χ4v) is 3.43. The summed E-state index contributed by atoms with van der Waals surface area (Å²) < 4.78 is 0. The third-order valence-corrected chi connectivity index (χ3v) is 4.60. The van der Waals surface area contributed by atoms with Gasteiger partial charge in [0.15, 0.2) is 0 Å². The van der Waals surface area contributed by atoms with Crippen LogP contribution < -0.4 is 5.32 Å². The molecule has 0 bridgehead atoms. The van der Waals surface area contributed by atoms with Crippen molar-refractivity contribution in [1.29, 1.82) is 0 Å². The van der Waals surface area contributed by atoms with Gasteiger partial charge in [0.25, 0.3) is 0 Å². The molecule has 20 heavy (non-hydrogen) atoms. The molecule has 0 spiro atoms. The van der Waals surface area contributed by atoms with E-state index in [1.165, 1.54) is 23.1 Å². The number of piperazine rings is 1. The van der Waals surface area contributed by atoms with Crippen molar-refractivity contribution < 1.29 is 5.11 Å². The third-order valence-electron chi connectivity index (χ3n) is 4.60. The number of aromatic hydroxyl groups is 1. The zero-order chi connectivity index (χ0) is 14.7. The summed E-state index contributed by atoms with van der Waals surface area (Å²) in [7, 11) is 0. The van der Waals surface area contributed by atoms with E-state index in [0.29, 0.717) is 17.7 Å². The quantitative estimate of drug-likeness (QED) is 0.887. The second-order valence-electron chi connectivity index (χ2n) is 6.11. The number of nitrogens with zero attached hydrogens (tertiary/aromatic N) is 1. The lowest BCUT2D eigenvalue weighted by atomic mass is 9.85. The van der Waals surface area contributed by atoms with E-state index in [1.807, 2.05) is 12.1 Å². The number of rotatable bonds is 4. The number of hydrogen-bond acceptors (Lipinski definition) is 3. The summed E-state index contributed by atoms with van der Waals surface area (Å²) in [5.41, 5.74) is 3.84. The molecule has 1 fully saturated rings. The topological polar surface area (TPSA) is 35.5 Å². The molecule has 2 rings (SSSR count). The minimum absolute atomic E-state index is 0.381. The fraction of sp³-hybridized carbons (Fsp3) is 0.647. The Labute approximate surface area is 123 Å². The molecule has 3 heteroatoms. The Bertz CT molecular complexity index is 429. The van der Waals surface area contributed by atoms with Gasteiger partial charge in [0, 0.05) is 32.2 Å². The smallest absolute Gasteiger partial charge is 0.116 e. The SMILES string of the molecule is CCC(C)[C@@H](c1c(C)cc(O)cc1C)N1CCNCC1. The average Bonchev–Trinajstić information content (AvgIpc) is 2.42. The van der Waals surface area contributed by atoms with Gasteiger partial charge in [-0.2, -0.15) is 0 Å². The second kappa shape index (κ2) is 6.59.